The van der Waals surface area contributed by atoms with Crippen LogP contribution in [0, 0.1) is 0 Å². The molecule has 0 bridgehead atoms. The summed E-state index contributed by atoms with van der Waals surface area (Å²) in [7, 11) is 1.36. The Bertz CT molecular complexity index is 711. The number of hydrogen-bond acceptors (Lipinski definition) is 5. The summed E-state index contributed by atoms with van der Waals surface area (Å²) >= 11 is 0. The molecule has 0 saturated heterocycles. The third-order valence-corrected chi connectivity index (χ3v) is 3.32. The van der Waals surface area contributed by atoms with Gasteiger partial charge >= 0.3 is 11.9 Å². The number of unbranched alkanes of at least 4 members (excludes halogenated alkanes) is 1. The van der Waals surface area contributed by atoms with Crippen molar-refractivity contribution in [1.29, 1.82) is 0 Å². The third kappa shape index (κ3) is 4.71. The SMILES string of the molecule is CCOC(=O)/C=C/CCCc1cc2cc(C(=O)OC)ccc2o1. The number of fused-ring (bicyclic) bond motifs is 1. The first kappa shape index (κ1) is 16.8. The maximum atomic E-state index is 11.5. The Morgan fingerprint density at radius 2 is 2.09 bits per heavy atom. The van der Waals surface area contributed by atoms with Crippen LogP contribution in [0.2, 0.25) is 0 Å². The van der Waals surface area contributed by atoms with E-state index in [1.54, 1.807) is 31.2 Å². The van der Waals surface area contributed by atoms with Gasteiger partial charge in [-0.15, -0.1) is 0 Å². The fourth-order valence-electron chi connectivity index (χ4n) is 2.23. The molecule has 2 aromatic rings. The Kier molecular flexibility index (Phi) is 5.97. The molecule has 122 valence electrons. The van der Waals surface area contributed by atoms with Gasteiger partial charge < -0.3 is 13.9 Å². The highest BCUT2D eigenvalue weighted by molar-refractivity contribution is 5.94. The summed E-state index contributed by atoms with van der Waals surface area (Å²) in [5, 5.41) is 0.880. The van der Waals surface area contributed by atoms with E-state index in [4.69, 9.17) is 13.9 Å². The van der Waals surface area contributed by atoms with Crippen molar-refractivity contribution in [1.82, 2.24) is 0 Å². The maximum Gasteiger partial charge on any atom is 0.337 e. The van der Waals surface area contributed by atoms with E-state index >= 15 is 0 Å². The number of aryl methyl sites for hydroxylation is 1. The number of benzene rings is 1. The number of furan rings is 1. The summed E-state index contributed by atoms with van der Waals surface area (Å²) in [5.74, 6) is 0.178. The highest BCUT2D eigenvalue weighted by atomic mass is 16.5. The predicted octanol–water partition coefficient (Wildman–Crippen LogP) is 3.66. The van der Waals surface area contributed by atoms with Crippen molar-refractivity contribution < 1.29 is 23.5 Å². The Labute approximate surface area is 134 Å². The fourth-order valence-corrected chi connectivity index (χ4v) is 2.23. The lowest BCUT2D eigenvalue weighted by atomic mass is 10.1. The summed E-state index contributed by atoms with van der Waals surface area (Å²) in [6.45, 7) is 2.16. The van der Waals surface area contributed by atoms with Gasteiger partial charge in [-0.3, -0.25) is 0 Å². The fraction of sp³-hybridized carbons (Fsp3) is 0.333. The van der Waals surface area contributed by atoms with E-state index in [9.17, 15) is 9.59 Å². The van der Waals surface area contributed by atoms with Gasteiger partial charge in [0.2, 0.25) is 0 Å². The van der Waals surface area contributed by atoms with Gasteiger partial charge in [0.25, 0.3) is 0 Å². The molecule has 23 heavy (non-hydrogen) atoms. The molecule has 0 aliphatic heterocycles. The molecule has 0 saturated carbocycles. The second kappa shape index (κ2) is 8.17. The van der Waals surface area contributed by atoms with Gasteiger partial charge in [-0.2, -0.15) is 0 Å². The van der Waals surface area contributed by atoms with Gasteiger partial charge in [-0.1, -0.05) is 6.08 Å². The van der Waals surface area contributed by atoms with Crippen molar-refractivity contribution in [2.24, 2.45) is 0 Å². The zero-order valence-corrected chi connectivity index (χ0v) is 13.3. The monoisotopic (exact) mass is 316 g/mol. The van der Waals surface area contributed by atoms with Crippen molar-refractivity contribution in [3.05, 3.63) is 47.7 Å². The minimum absolute atomic E-state index is 0.313. The molecule has 5 nitrogen and oxygen atoms in total. The number of ether oxygens (including phenoxy) is 2. The molecule has 0 fully saturated rings. The lowest BCUT2D eigenvalue weighted by Crippen LogP contribution is -1.99. The first-order chi connectivity index (χ1) is 11.1. The van der Waals surface area contributed by atoms with E-state index in [-0.39, 0.29) is 11.9 Å². The molecule has 2 rings (SSSR count). The maximum absolute atomic E-state index is 11.5. The van der Waals surface area contributed by atoms with Crippen LogP contribution < -0.4 is 0 Å². The van der Waals surface area contributed by atoms with Gasteiger partial charge in [-0.25, -0.2) is 9.59 Å². The van der Waals surface area contributed by atoms with E-state index in [1.807, 2.05) is 6.07 Å². The van der Waals surface area contributed by atoms with Crippen LogP contribution in [0.1, 0.15) is 35.9 Å². The Morgan fingerprint density at radius 3 is 2.83 bits per heavy atom. The number of carbonyl (C=O) groups excluding carboxylic acids is 2. The molecule has 0 atom stereocenters. The molecular weight excluding hydrogens is 296 g/mol. The molecule has 1 aromatic heterocycles. The standard InChI is InChI=1S/C18H20O5/c1-3-22-17(19)8-6-4-5-7-15-12-14-11-13(18(20)21-2)9-10-16(14)23-15/h6,8-12H,3-5,7H2,1-2H3/b8-6+. The first-order valence-corrected chi connectivity index (χ1v) is 7.58. The van der Waals surface area contributed by atoms with Gasteiger partial charge in [0.15, 0.2) is 0 Å². The smallest absolute Gasteiger partial charge is 0.337 e. The Morgan fingerprint density at radius 1 is 1.26 bits per heavy atom. The van der Waals surface area contributed by atoms with Crippen molar-refractivity contribution in [2.75, 3.05) is 13.7 Å². The lowest BCUT2D eigenvalue weighted by molar-refractivity contribution is -0.137. The first-order valence-electron chi connectivity index (χ1n) is 7.58. The van der Waals surface area contributed by atoms with E-state index in [0.29, 0.717) is 12.2 Å². The zero-order valence-electron chi connectivity index (χ0n) is 13.3. The number of allylic oxidation sites excluding steroid dienone is 1. The summed E-state index contributed by atoms with van der Waals surface area (Å²) in [6, 6.07) is 7.14. The molecule has 5 heteroatoms. The highest BCUT2D eigenvalue weighted by Crippen LogP contribution is 2.22. The van der Waals surface area contributed by atoms with Crippen LogP contribution >= 0.6 is 0 Å². The average molecular weight is 316 g/mol. The summed E-state index contributed by atoms with van der Waals surface area (Å²) < 4.78 is 15.2. The summed E-state index contributed by atoms with van der Waals surface area (Å²) in [4.78, 5) is 22.7. The molecule has 1 heterocycles. The van der Waals surface area contributed by atoms with E-state index in [2.05, 4.69) is 0 Å². The van der Waals surface area contributed by atoms with Crippen LogP contribution in [0.15, 0.2) is 40.8 Å². The molecule has 0 aliphatic rings. The van der Waals surface area contributed by atoms with Crippen LogP contribution in [0.3, 0.4) is 0 Å². The lowest BCUT2D eigenvalue weighted by Gasteiger charge is -1.97. The number of rotatable bonds is 7. The molecule has 0 amide bonds. The summed E-state index contributed by atoms with van der Waals surface area (Å²) in [6.07, 6.45) is 5.64. The number of esters is 2. The molecule has 0 aliphatic carbocycles. The predicted molar refractivity (Wildman–Crippen MR) is 86.3 cm³/mol. The zero-order chi connectivity index (χ0) is 16.7. The molecule has 0 unspecified atom stereocenters. The van der Waals surface area contributed by atoms with Gasteiger partial charge in [-0.05, 0) is 44.0 Å². The largest absolute Gasteiger partial charge is 0.465 e. The third-order valence-electron chi connectivity index (χ3n) is 3.32. The molecule has 1 aromatic carbocycles. The van der Waals surface area contributed by atoms with Crippen LogP contribution in [0.5, 0.6) is 0 Å². The second-order valence-corrected chi connectivity index (χ2v) is 5.00. The van der Waals surface area contributed by atoms with E-state index in [0.717, 1.165) is 36.0 Å². The van der Waals surface area contributed by atoms with Crippen LogP contribution in [0.4, 0.5) is 0 Å². The van der Waals surface area contributed by atoms with Crippen molar-refractivity contribution in [3.63, 3.8) is 0 Å². The van der Waals surface area contributed by atoms with E-state index < -0.39 is 0 Å². The average Bonchev–Trinajstić information content (AvgIpc) is 2.95. The van der Waals surface area contributed by atoms with Gasteiger partial charge in [0.05, 0.1) is 19.3 Å². The van der Waals surface area contributed by atoms with Crippen molar-refractivity contribution >= 4 is 22.9 Å². The van der Waals surface area contributed by atoms with Crippen LogP contribution in [0.25, 0.3) is 11.0 Å². The minimum atomic E-state index is -0.362. The molecule has 0 radical (unpaired) electrons. The topological polar surface area (TPSA) is 65.7 Å². The molecule has 0 N–H and O–H groups in total. The Hall–Kier alpha value is -2.56. The normalized spacial score (nSPS) is 11.0. The highest BCUT2D eigenvalue weighted by Gasteiger charge is 2.09. The molecular formula is C18H20O5. The van der Waals surface area contributed by atoms with Gasteiger partial charge in [0, 0.05) is 17.9 Å². The van der Waals surface area contributed by atoms with Crippen molar-refractivity contribution in [2.45, 2.75) is 26.2 Å². The Balaban J connectivity index is 1.91. The number of hydrogen-bond donors (Lipinski definition) is 0. The number of methoxy groups -OCH3 is 1. The quantitative estimate of drug-likeness (QED) is 0.443. The van der Waals surface area contributed by atoms with Crippen LogP contribution in [-0.2, 0) is 20.7 Å². The van der Waals surface area contributed by atoms with E-state index in [1.165, 1.54) is 13.2 Å². The second-order valence-electron chi connectivity index (χ2n) is 5.00. The van der Waals surface area contributed by atoms with Crippen molar-refractivity contribution in [3.8, 4) is 0 Å². The number of carbonyl (C=O) groups is 2. The molecule has 0 spiro atoms. The van der Waals surface area contributed by atoms with Gasteiger partial charge in [0.1, 0.15) is 11.3 Å². The summed E-state index contributed by atoms with van der Waals surface area (Å²) in [5.41, 5.74) is 1.25. The van der Waals surface area contributed by atoms with Crippen LogP contribution in [-0.4, -0.2) is 25.7 Å². The minimum Gasteiger partial charge on any atom is -0.465 e.